The number of alkyl halides is 1. The average Bonchev–Trinajstić information content (AvgIpc) is 2.38. The largest absolute Gasteiger partial charge is 0.465 e. The van der Waals surface area contributed by atoms with E-state index in [1.54, 1.807) is 0 Å². The SMILES string of the molecule is CCCCOC(=O)C(C)(C)c1ccccc1CBr. The van der Waals surface area contributed by atoms with Crippen molar-refractivity contribution in [2.45, 2.75) is 44.4 Å². The van der Waals surface area contributed by atoms with E-state index in [2.05, 4.69) is 22.9 Å². The molecule has 0 fully saturated rings. The van der Waals surface area contributed by atoms with E-state index >= 15 is 0 Å². The van der Waals surface area contributed by atoms with Gasteiger partial charge >= 0.3 is 5.97 Å². The normalized spacial score (nSPS) is 11.3. The maximum Gasteiger partial charge on any atom is 0.315 e. The lowest BCUT2D eigenvalue weighted by atomic mass is 9.82. The second-order valence-electron chi connectivity index (χ2n) is 4.91. The maximum atomic E-state index is 12.2. The van der Waals surface area contributed by atoms with Crippen LogP contribution in [-0.4, -0.2) is 12.6 Å². The van der Waals surface area contributed by atoms with Crippen molar-refractivity contribution >= 4 is 21.9 Å². The van der Waals surface area contributed by atoms with Crippen molar-refractivity contribution in [1.29, 1.82) is 0 Å². The summed E-state index contributed by atoms with van der Waals surface area (Å²) in [5, 5.41) is 0.745. The Balaban J connectivity index is 2.87. The standard InChI is InChI=1S/C15H21BrO2/c1-4-5-10-18-14(17)15(2,3)13-9-7-6-8-12(13)11-16/h6-9H,4-5,10-11H2,1-3H3. The van der Waals surface area contributed by atoms with Crippen LogP contribution in [0.4, 0.5) is 0 Å². The van der Waals surface area contributed by atoms with Gasteiger partial charge in [-0.1, -0.05) is 53.5 Å². The Labute approximate surface area is 118 Å². The fourth-order valence-corrected chi connectivity index (χ4v) is 2.34. The lowest BCUT2D eigenvalue weighted by molar-refractivity contribution is -0.149. The van der Waals surface area contributed by atoms with Gasteiger partial charge in [-0.05, 0) is 31.4 Å². The smallest absolute Gasteiger partial charge is 0.315 e. The quantitative estimate of drug-likeness (QED) is 0.447. The molecule has 0 aliphatic rings. The molecule has 18 heavy (non-hydrogen) atoms. The summed E-state index contributed by atoms with van der Waals surface area (Å²) in [4.78, 5) is 12.2. The third-order valence-corrected chi connectivity index (χ3v) is 3.68. The number of ether oxygens (including phenoxy) is 1. The highest BCUT2D eigenvalue weighted by Gasteiger charge is 2.32. The van der Waals surface area contributed by atoms with Crippen LogP contribution in [0, 0.1) is 0 Å². The molecular formula is C15H21BrO2. The van der Waals surface area contributed by atoms with Crippen molar-refractivity contribution in [3.05, 3.63) is 35.4 Å². The van der Waals surface area contributed by atoms with Crippen LogP contribution in [0.5, 0.6) is 0 Å². The summed E-state index contributed by atoms with van der Waals surface area (Å²) in [5.74, 6) is -0.149. The molecule has 1 aromatic carbocycles. The Morgan fingerprint density at radius 3 is 2.61 bits per heavy atom. The van der Waals surface area contributed by atoms with E-state index < -0.39 is 5.41 Å². The van der Waals surface area contributed by atoms with Crippen LogP contribution in [0.1, 0.15) is 44.7 Å². The minimum Gasteiger partial charge on any atom is -0.465 e. The van der Waals surface area contributed by atoms with Gasteiger partial charge in [-0.15, -0.1) is 0 Å². The first-order valence-corrected chi connectivity index (χ1v) is 7.47. The highest BCUT2D eigenvalue weighted by atomic mass is 79.9. The maximum absolute atomic E-state index is 12.2. The van der Waals surface area contributed by atoms with Gasteiger partial charge in [0.2, 0.25) is 0 Å². The lowest BCUT2D eigenvalue weighted by Gasteiger charge is -2.25. The molecular weight excluding hydrogens is 292 g/mol. The predicted molar refractivity (Wildman–Crippen MR) is 78.0 cm³/mol. The summed E-state index contributed by atoms with van der Waals surface area (Å²) in [7, 11) is 0. The summed E-state index contributed by atoms with van der Waals surface area (Å²) in [6.45, 7) is 6.43. The van der Waals surface area contributed by atoms with Crippen molar-refractivity contribution in [1.82, 2.24) is 0 Å². The molecule has 0 aromatic heterocycles. The Morgan fingerprint density at radius 1 is 1.33 bits per heavy atom. The molecule has 0 bridgehead atoms. The number of esters is 1. The van der Waals surface area contributed by atoms with Crippen LogP contribution >= 0.6 is 15.9 Å². The van der Waals surface area contributed by atoms with Crippen LogP contribution in [0.2, 0.25) is 0 Å². The molecule has 0 N–H and O–H groups in total. The van der Waals surface area contributed by atoms with Gasteiger partial charge in [0, 0.05) is 5.33 Å². The fourth-order valence-electron chi connectivity index (χ4n) is 1.85. The molecule has 2 nitrogen and oxygen atoms in total. The third kappa shape index (κ3) is 3.58. The van der Waals surface area contributed by atoms with Gasteiger partial charge in [0.1, 0.15) is 0 Å². The minimum atomic E-state index is -0.599. The van der Waals surface area contributed by atoms with Crippen LogP contribution in [0.3, 0.4) is 0 Å². The van der Waals surface area contributed by atoms with E-state index in [1.165, 1.54) is 0 Å². The second-order valence-corrected chi connectivity index (χ2v) is 5.47. The Morgan fingerprint density at radius 2 is 2.00 bits per heavy atom. The monoisotopic (exact) mass is 312 g/mol. The number of rotatable bonds is 6. The first kappa shape index (κ1) is 15.2. The molecule has 0 aliphatic carbocycles. The molecule has 0 amide bonds. The Hall–Kier alpha value is -0.830. The number of carbonyl (C=O) groups is 1. The molecule has 3 heteroatoms. The second kappa shape index (κ2) is 6.93. The zero-order valence-corrected chi connectivity index (χ0v) is 12.9. The summed E-state index contributed by atoms with van der Waals surface area (Å²) < 4.78 is 5.35. The molecule has 1 rings (SSSR count). The van der Waals surface area contributed by atoms with Crippen LogP contribution in [0.25, 0.3) is 0 Å². The van der Waals surface area contributed by atoms with Gasteiger partial charge in [0.05, 0.1) is 12.0 Å². The molecule has 0 unspecified atom stereocenters. The zero-order valence-electron chi connectivity index (χ0n) is 11.3. The summed E-state index contributed by atoms with van der Waals surface area (Å²) >= 11 is 3.46. The van der Waals surface area contributed by atoms with Gasteiger partial charge in [-0.25, -0.2) is 0 Å². The number of hydrogen-bond donors (Lipinski definition) is 0. The van der Waals surface area contributed by atoms with Crippen molar-refractivity contribution in [2.24, 2.45) is 0 Å². The van der Waals surface area contributed by atoms with E-state index in [1.807, 2.05) is 38.1 Å². The molecule has 1 aromatic rings. The number of carbonyl (C=O) groups excluding carboxylic acids is 1. The Bertz CT molecular complexity index is 399. The molecule has 0 spiro atoms. The summed E-state index contributed by atoms with van der Waals surface area (Å²) in [6, 6.07) is 7.98. The summed E-state index contributed by atoms with van der Waals surface area (Å²) in [5.41, 5.74) is 1.57. The summed E-state index contributed by atoms with van der Waals surface area (Å²) in [6.07, 6.45) is 1.95. The molecule has 0 saturated heterocycles. The number of benzene rings is 1. The number of unbranched alkanes of at least 4 members (excludes halogenated alkanes) is 1. The molecule has 0 saturated carbocycles. The molecule has 0 heterocycles. The first-order chi connectivity index (χ1) is 8.54. The Kier molecular flexibility index (Phi) is 5.86. The third-order valence-electron chi connectivity index (χ3n) is 3.08. The van der Waals surface area contributed by atoms with Crippen LogP contribution in [-0.2, 0) is 20.3 Å². The topological polar surface area (TPSA) is 26.3 Å². The molecule has 100 valence electrons. The van der Waals surface area contributed by atoms with Gasteiger partial charge in [0.15, 0.2) is 0 Å². The van der Waals surface area contributed by atoms with Crippen molar-refractivity contribution in [2.75, 3.05) is 6.61 Å². The molecule has 0 aliphatic heterocycles. The van der Waals surface area contributed by atoms with Gasteiger partial charge in [-0.2, -0.15) is 0 Å². The lowest BCUT2D eigenvalue weighted by Crippen LogP contribution is -2.32. The number of halogens is 1. The minimum absolute atomic E-state index is 0.149. The van der Waals surface area contributed by atoms with E-state index in [-0.39, 0.29) is 5.97 Å². The highest BCUT2D eigenvalue weighted by molar-refractivity contribution is 9.08. The van der Waals surface area contributed by atoms with Crippen LogP contribution in [0.15, 0.2) is 24.3 Å². The van der Waals surface area contributed by atoms with Crippen molar-refractivity contribution < 1.29 is 9.53 Å². The van der Waals surface area contributed by atoms with E-state index in [9.17, 15) is 4.79 Å². The number of hydrogen-bond acceptors (Lipinski definition) is 2. The van der Waals surface area contributed by atoms with E-state index in [0.29, 0.717) is 6.61 Å². The average molecular weight is 313 g/mol. The predicted octanol–water partition coefficient (Wildman–Crippen LogP) is 4.20. The van der Waals surface area contributed by atoms with Gasteiger partial charge in [0.25, 0.3) is 0 Å². The van der Waals surface area contributed by atoms with Crippen LogP contribution < -0.4 is 0 Å². The van der Waals surface area contributed by atoms with Gasteiger partial charge < -0.3 is 4.74 Å². The highest BCUT2D eigenvalue weighted by Crippen LogP contribution is 2.29. The zero-order chi connectivity index (χ0) is 13.6. The first-order valence-electron chi connectivity index (χ1n) is 6.35. The van der Waals surface area contributed by atoms with E-state index in [4.69, 9.17) is 4.74 Å². The van der Waals surface area contributed by atoms with Crippen molar-refractivity contribution in [3.8, 4) is 0 Å². The molecule has 0 radical (unpaired) electrons. The van der Waals surface area contributed by atoms with Gasteiger partial charge in [-0.3, -0.25) is 4.79 Å². The molecule has 0 atom stereocenters. The fraction of sp³-hybridized carbons (Fsp3) is 0.533. The van der Waals surface area contributed by atoms with E-state index in [0.717, 1.165) is 29.3 Å². The van der Waals surface area contributed by atoms with Crippen molar-refractivity contribution in [3.63, 3.8) is 0 Å².